The van der Waals surface area contributed by atoms with Crippen molar-refractivity contribution in [1.29, 1.82) is 0 Å². The molecule has 0 atom stereocenters. The predicted octanol–water partition coefficient (Wildman–Crippen LogP) is 4.29. The third kappa shape index (κ3) is 5.12. The van der Waals surface area contributed by atoms with Gasteiger partial charge in [0.2, 0.25) is 15.8 Å². The van der Waals surface area contributed by atoms with Crippen molar-refractivity contribution in [2.24, 2.45) is 0 Å². The number of sulfone groups is 1. The van der Waals surface area contributed by atoms with E-state index in [9.17, 15) is 27.5 Å². The highest BCUT2D eigenvalue weighted by atomic mass is 32.2. The number of phenolic OH excluding ortho intramolecular Hbond substituents is 1. The van der Waals surface area contributed by atoms with Crippen LogP contribution in [0.1, 0.15) is 13.8 Å². The number of rotatable bonds is 8. The second-order valence-electron chi connectivity index (χ2n) is 9.48. The van der Waals surface area contributed by atoms with E-state index in [0.29, 0.717) is 21.7 Å². The van der Waals surface area contributed by atoms with Gasteiger partial charge in [0.15, 0.2) is 0 Å². The van der Waals surface area contributed by atoms with E-state index in [-0.39, 0.29) is 39.8 Å². The molecule has 10 nitrogen and oxygen atoms in total. The SMILES string of the molecule is CC1(C)C(=O)NC(=O)N1CCNc1ncc(-c2cccc(O)c2)c(-c2ccc(S(=O)(=O)c3ccc(F)cc3)s2)n1. The van der Waals surface area contributed by atoms with E-state index in [4.69, 9.17) is 0 Å². The monoisotopic (exact) mass is 581 g/mol. The highest BCUT2D eigenvalue weighted by Crippen LogP contribution is 2.38. The van der Waals surface area contributed by atoms with Crippen molar-refractivity contribution in [3.8, 4) is 27.4 Å². The molecule has 5 rings (SSSR count). The van der Waals surface area contributed by atoms with E-state index in [1.807, 2.05) is 0 Å². The van der Waals surface area contributed by atoms with Crippen LogP contribution in [0.4, 0.5) is 15.1 Å². The molecule has 40 heavy (non-hydrogen) atoms. The van der Waals surface area contributed by atoms with Crippen LogP contribution in [0.5, 0.6) is 5.75 Å². The second kappa shape index (κ2) is 10.3. The molecule has 13 heteroatoms. The number of benzene rings is 2. The standard InChI is InChI=1S/C27H24FN5O5S2/c1-27(2)24(35)32-26(36)33(27)13-12-29-25-30-15-20(16-4-3-5-18(34)14-16)23(31-25)21-10-11-22(39-21)40(37,38)19-8-6-17(28)7-9-19/h3-11,14-15,34H,12-13H2,1-2H3,(H,29,30,31)(H,32,35,36). The Kier molecular flexibility index (Phi) is 7.02. The minimum Gasteiger partial charge on any atom is -0.508 e. The lowest BCUT2D eigenvalue weighted by Crippen LogP contribution is -2.46. The first kappa shape index (κ1) is 27.2. The molecule has 206 valence electrons. The zero-order valence-corrected chi connectivity index (χ0v) is 23.0. The molecule has 1 aliphatic heterocycles. The van der Waals surface area contributed by atoms with E-state index in [0.717, 1.165) is 23.5 Å². The Balaban J connectivity index is 1.47. The summed E-state index contributed by atoms with van der Waals surface area (Å²) < 4.78 is 39.8. The topological polar surface area (TPSA) is 142 Å². The van der Waals surface area contributed by atoms with Gasteiger partial charge in [0.05, 0.1) is 15.5 Å². The number of halogens is 1. The number of aromatic nitrogens is 2. The first-order valence-electron chi connectivity index (χ1n) is 12.1. The van der Waals surface area contributed by atoms with Gasteiger partial charge in [0.1, 0.15) is 21.3 Å². The number of hydrogen-bond acceptors (Lipinski definition) is 9. The quantitative estimate of drug-likeness (QED) is 0.207. The number of imide groups is 1. The average molecular weight is 582 g/mol. The molecular weight excluding hydrogens is 557 g/mol. The summed E-state index contributed by atoms with van der Waals surface area (Å²) in [5.41, 5.74) is 0.600. The number of anilines is 1. The van der Waals surface area contributed by atoms with E-state index in [2.05, 4.69) is 20.6 Å². The molecule has 1 saturated heterocycles. The van der Waals surface area contributed by atoms with Gasteiger partial charge >= 0.3 is 6.03 Å². The number of nitrogens with zero attached hydrogens (tertiary/aromatic N) is 3. The molecule has 1 fully saturated rings. The summed E-state index contributed by atoms with van der Waals surface area (Å²) in [5, 5.41) is 15.4. The lowest BCUT2D eigenvalue weighted by Gasteiger charge is -2.27. The smallest absolute Gasteiger partial charge is 0.325 e. The van der Waals surface area contributed by atoms with Crippen LogP contribution < -0.4 is 10.6 Å². The fraction of sp³-hybridized carbons (Fsp3) is 0.185. The Morgan fingerprint density at radius 2 is 1.85 bits per heavy atom. The normalized spacial score (nSPS) is 14.8. The van der Waals surface area contributed by atoms with Crippen LogP contribution in [0.2, 0.25) is 0 Å². The fourth-order valence-corrected chi connectivity index (χ4v) is 6.93. The second-order valence-corrected chi connectivity index (χ2v) is 12.7. The van der Waals surface area contributed by atoms with Gasteiger partial charge in [-0.25, -0.2) is 27.6 Å². The number of thiophene rings is 1. The summed E-state index contributed by atoms with van der Waals surface area (Å²) in [5.74, 6) is -0.657. The molecule has 0 saturated carbocycles. The zero-order valence-electron chi connectivity index (χ0n) is 21.4. The molecule has 2 aromatic heterocycles. The van der Waals surface area contributed by atoms with Gasteiger partial charge in [0, 0.05) is 24.8 Å². The lowest BCUT2D eigenvalue weighted by molar-refractivity contribution is -0.125. The minimum atomic E-state index is -3.90. The van der Waals surface area contributed by atoms with Crippen molar-refractivity contribution in [3.05, 3.63) is 72.7 Å². The van der Waals surface area contributed by atoms with Crippen LogP contribution in [0.25, 0.3) is 21.7 Å². The first-order chi connectivity index (χ1) is 19.0. The summed E-state index contributed by atoms with van der Waals surface area (Å²) in [7, 11) is -3.90. The third-order valence-corrected chi connectivity index (χ3v) is 9.82. The summed E-state index contributed by atoms with van der Waals surface area (Å²) >= 11 is 0.997. The molecule has 0 radical (unpaired) electrons. The summed E-state index contributed by atoms with van der Waals surface area (Å²) in [4.78, 5) is 35.1. The molecule has 1 aliphatic rings. The zero-order chi connectivity index (χ0) is 28.7. The van der Waals surface area contributed by atoms with Crippen LogP contribution in [0, 0.1) is 5.82 Å². The Hall–Kier alpha value is -4.36. The Labute approximate surface area is 233 Å². The van der Waals surface area contributed by atoms with Gasteiger partial charge in [-0.1, -0.05) is 12.1 Å². The predicted molar refractivity (Wildman–Crippen MR) is 147 cm³/mol. The highest BCUT2D eigenvalue weighted by Gasteiger charge is 2.45. The maximum Gasteiger partial charge on any atom is 0.325 e. The van der Waals surface area contributed by atoms with Gasteiger partial charge in [-0.15, -0.1) is 11.3 Å². The first-order valence-corrected chi connectivity index (χ1v) is 14.4. The molecule has 4 aromatic rings. The average Bonchev–Trinajstić information content (AvgIpc) is 3.48. The van der Waals surface area contributed by atoms with E-state index < -0.39 is 27.2 Å². The molecule has 3 N–H and O–H groups in total. The Bertz CT molecular complexity index is 1720. The van der Waals surface area contributed by atoms with Crippen molar-refractivity contribution < 1.29 is 27.5 Å². The van der Waals surface area contributed by atoms with Crippen LogP contribution in [0.15, 0.2) is 76.0 Å². The lowest BCUT2D eigenvalue weighted by atomic mass is 10.0. The number of carbonyl (C=O) groups is 2. The maximum absolute atomic E-state index is 13.4. The minimum absolute atomic E-state index is 0.0343. The number of carbonyl (C=O) groups excluding carboxylic acids is 2. The highest BCUT2D eigenvalue weighted by molar-refractivity contribution is 7.93. The van der Waals surface area contributed by atoms with Gasteiger partial charge in [-0.3, -0.25) is 10.1 Å². The molecule has 0 aliphatic carbocycles. The van der Waals surface area contributed by atoms with Crippen LogP contribution in [-0.4, -0.2) is 59.0 Å². The van der Waals surface area contributed by atoms with Gasteiger partial charge in [-0.2, -0.15) is 0 Å². The van der Waals surface area contributed by atoms with Crippen molar-refractivity contribution in [3.63, 3.8) is 0 Å². The number of nitrogens with one attached hydrogen (secondary N) is 2. The summed E-state index contributed by atoms with van der Waals surface area (Å²) in [6.07, 6.45) is 1.56. The van der Waals surface area contributed by atoms with Gasteiger partial charge < -0.3 is 15.3 Å². The van der Waals surface area contributed by atoms with Gasteiger partial charge in [0.25, 0.3) is 5.91 Å². The van der Waals surface area contributed by atoms with Crippen molar-refractivity contribution in [1.82, 2.24) is 20.2 Å². The summed E-state index contributed by atoms with van der Waals surface area (Å²) in [6.45, 7) is 3.75. The molecule has 3 amide bonds. The van der Waals surface area contributed by atoms with E-state index >= 15 is 0 Å². The molecule has 0 bridgehead atoms. The van der Waals surface area contributed by atoms with Crippen LogP contribution in [-0.2, 0) is 14.6 Å². The van der Waals surface area contributed by atoms with Gasteiger partial charge in [-0.05, 0) is 67.9 Å². The number of phenols is 1. The number of hydrogen-bond donors (Lipinski definition) is 3. The molecule has 3 heterocycles. The largest absolute Gasteiger partial charge is 0.508 e. The Morgan fingerprint density at radius 1 is 1.10 bits per heavy atom. The van der Waals surface area contributed by atoms with Crippen molar-refractivity contribution >= 4 is 39.1 Å². The van der Waals surface area contributed by atoms with Crippen LogP contribution in [0.3, 0.4) is 0 Å². The van der Waals surface area contributed by atoms with Crippen molar-refractivity contribution in [2.75, 3.05) is 18.4 Å². The molecule has 0 spiro atoms. The van der Waals surface area contributed by atoms with E-state index in [1.54, 1.807) is 44.3 Å². The summed E-state index contributed by atoms with van der Waals surface area (Å²) in [6, 6.07) is 13.7. The number of aromatic hydroxyl groups is 1. The molecule has 2 aromatic carbocycles. The maximum atomic E-state index is 13.4. The molecular formula is C27H24FN5O5S2. The van der Waals surface area contributed by atoms with E-state index in [1.165, 1.54) is 29.2 Å². The van der Waals surface area contributed by atoms with Crippen molar-refractivity contribution in [2.45, 2.75) is 28.5 Å². The van der Waals surface area contributed by atoms with Crippen LogP contribution >= 0.6 is 11.3 Å². The number of urea groups is 1. The fourth-order valence-electron chi connectivity index (χ4n) is 4.22. The number of amides is 3. The molecule has 0 unspecified atom stereocenters. The third-order valence-electron chi connectivity index (χ3n) is 6.46. The Morgan fingerprint density at radius 3 is 2.52 bits per heavy atom.